The van der Waals surface area contributed by atoms with Gasteiger partial charge in [-0.25, -0.2) is 4.79 Å². The van der Waals surface area contributed by atoms with Crippen LogP contribution in [-0.2, 0) is 18.2 Å². The van der Waals surface area contributed by atoms with Crippen molar-refractivity contribution in [2.45, 2.75) is 32.2 Å². The summed E-state index contributed by atoms with van der Waals surface area (Å²) in [7, 11) is 3.16. The first kappa shape index (κ1) is 12.7. The first-order valence-electron chi connectivity index (χ1n) is 5.23. The SMILES string of the molecule is COC(=O)c1cc(CCC(C)(C)N)n(C)n1. The second-order valence-corrected chi connectivity index (χ2v) is 4.62. The van der Waals surface area contributed by atoms with Crippen LogP contribution in [0.2, 0.25) is 0 Å². The van der Waals surface area contributed by atoms with Gasteiger partial charge >= 0.3 is 5.97 Å². The van der Waals surface area contributed by atoms with Crippen molar-refractivity contribution >= 4 is 5.97 Å². The van der Waals surface area contributed by atoms with Crippen LogP contribution in [0.1, 0.15) is 36.5 Å². The summed E-state index contributed by atoms with van der Waals surface area (Å²) in [4.78, 5) is 11.3. The third-order valence-electron chi connectivity index (χ3n) is 2.40. The lowest BCUT2D eigenvalue weighted by Gasteiger charge is -2.17. The minimum atomic E-state index is -0.408. The predicted molar refractivity (Wildman–Crippen MR) is 61.1 cm³/mol. The first-order chi connectivity index (χ1) is 7.33. The van der Waals surface area contributed by atoms with E-state index in [0.29, 0.717) is 5.69 Å². The van der Waals surface area contributed by atoms with Crippen LogP contribution in [-0.4, -0.2) is 28.4 Å². The van der Waals surface area contributed by atoms with Crippen molar-refractivity contribution < 1.29 is 9.53 Å². The van der Waals surface area contributed by atoms with Gasteiger partial charge in [0, 0.05) is 18.3 Å². The van der Waals surface area contributed by atoms with Crippen LogP contribution < -0.4 is 5.73 Å². The Morgan fingerprint density at radius 3 is 2.75 bits per heavy atom. The van der Waals surface area contributed by atoms with E-state index in [2.05, 4.69) is 9.84 Å². The number of nitrogens with zero attached hydrogens (tertiary/aromatic N) is 2. The fourth-order valence-corrected chi connectivity index (χ4v) is 1.39. The Labute approximate surface area is 95.6 Å². The molecule has 0 bridgehead atoms. The fraction of sp³-hybridized carbons (Fsp3) is 0.636. The number of carbonyl (C=O) groups is 1. The molecule has 0 atom stereocenters. The Morgan fingerprint density at radius 2 is 2.25 bits per heavy atom. The minimum Gasteiger partial charge on any atom is -0.464 e. The number of aromatic nitrogens is 2. The van der Waals surface area contributed by atoms with Crippen molar-refractivity contribution in [2.24, 2.45) is 12.8 Å². The molecular weight excluding hydrogens is 206 g/mol. The summed E-state index contributed by atoms with van der Waals surface area (Å²) >= 11 is 0. The molecule has 0 saturated heterocycles. The van der Waals surface area contributed by atoms with Crippen LogP contribution in [0.4, 0.5) is 0 Å². The number of aryl methyl sites for hydroxylation is 2. The molecule has 5 nitrogen and oxygen atoms in total. The highest BCUT2D eigenvalue weighted by atomic mass is 16.5. The molecule has 2 N–H and O–H groups in total. The molecule has 0 aliphatic heterocycles. The van der Waals surface area contributed by atoms with Crippen molar-refractivity contribution in [3.8, 4) is 0 Å². The molecule has 0 amide bonds. The lowest BCUT2D eigenvalue weighted by atomic mass is 9.99. The Morgan fingerprint density at radius 1 is 1.62 bits per heavy atom. The topological polar surface area (TPSA) is 70.1 Å². The highest BCUT2D eigenvalue weighted by molar-refractivity contribution is 5.87. The molecule has 0 aliphatic carbocycles. The molecule has 1 aromatic heterocycles. The number of carbonyl (C=O) groups excluding carboxylic acids is 1. The highest BCUT2D eigenvalue weighted by Gasteiger charge is 2.15. The highest BCUT2D eigenvalue weighted by Crippen LogP contribution is 2.12. The van der Waals surface area contributed by atoms with Gasteiger partial charge in [-0.05, 0) is 32.8 Å². The quantitative estimate of drug-likeness (QED) is 0.772. The van der Waals surface area contributed by atoms with Crippen LogP contribution in [0, 0.1) is 0 Å². The van der Waals surface area contributed by atoms with Gasteiger partial charge in [-0.15, -0.1) is 0 Å². The van der Waals surface area contributed by atoms with Gasteiger partial charge in [0.25, 0.3) is 0 Å². The maximum Gasteiger partial charge on any atom is 0.358 e. The van der Waals surface area contributed by atoms with E-state index in [1.54, 1.807) is 10.7 Å². The molecule has 1 rings (SSSR count). The molecule has 0 saturated carbocycles. The number of hydrogen-bond acceptors (Lipinski definition) is 4. The van der Waals surface area contributed by atoms with E-state index in [1.807, 2.05) is 20.9 Å². The van der Waals surface area contributed by atoms with Crippen LogP contribution in [0.15, 0.2) is 6.07 Å². The van der Waals surface area contributed by atoms with E-state index in [0.717, 1.165) is 18.5 Å². The number of hydrogen-bond donors (Lipinski definition) is 1. The Hall–Kier alpha value is -1.36. The van der Waals surface area contributed by atoms with Crippen LogP contribution in [0.5, 0.6) is 0 Å². The molecule has 5 heteroatoms. The van der Waals surface area contributed by atoms with E-state index >= 15 is 0 Å². The molecular formula is C11H19N3O2. The standard InChI is InChI=1S/C11H19N3O2/c1-11(2,12)6-5-8-7-9(10(15)16-4)13-14(8)3/h7H,5-6,12H2,1-4H3. The Bertz CT molecular complexity index is 377. The normalized spacial score (nSPS) is 11.6. The van der Waals surface area contributed by atoms with Gasteiger partial charge in [0.2, 0.25) is 0 Å². The maximum atomic E-state index is 11.3. The van der Waals surface area contributed by atoms with Gasteiger partial charge in [-0.1, -0.05) is 0 Å². The summed E-state index contributed by atoms with van der Waals surface area (Å²) in [5.41, 5.74) is 7.02. The van der Waals surface area contributed by atoms with Crippen molar-refractivity contribution in [1.82, 2.24) is 9.78 Å². The average molecular weight is 225 g/mol. The number of esters is 1. The first-order valence-corrected chi connectivity index (χ1v) is 5.23. The van der Waals surface area contributed by atoms with Crippen LogP contribution in [0.25, 0.3) is 0 Å². The molecule has 1 heterocycles. The van der Waals surface area contributed by atoms with Crippen molar-refractivity contribution in [1.29, 1.82) is 0 Å². The van der Waals surface area contributed by atoms with E-state index in [9.17, 15) is 4.79 Å². The molecule has 0 aliphatic rings. The molecule has 0 radical (unpaired) electrons. The fourth-order valence-electron chi connectivity index (χ4n) is 1.39. The smallest absolute Gasteiger partial charge is 0.358 e. The van der Waals surface area contributed by atoms with E-state index in [1.165, 1.54) is 7.11 Å². The van der Waals surface area contributed by atoms with Crippen molar-refractivity contribution in [3.05, 3.63) is 17.5 Å². The molecule has 0 unspecified atom stereocenters. The molecule has 0 fully saturated rings. The van der Waals surface area contributed by atoms with Gasteiger partial charge in [-0.3, -0.25) is 4.68 Å². The number of nitrogens with two attached hydrogens (primary N) is 1. The second kappa shape index (κ2) is 4.65. The zero-order valence-corrected chi connectivity index (χ0v) is 10.3. The van der Waals surface area contributed by atoms with Gasteiger partial charge in [0.15, 0.2) is 5.69 Å². The Kier molecular flexibility index (Phi) is 3.70. The molecule has 16 heavy (non-hydrogen) atoms. The van der Waals surface area contributed by atoms with E-state index < -0.39 is 5.97 Å². The third kappa shape index (κ3) is 3.34. The largest absolute Gasteiger partial charge is 0.464 e. The monoisotopic (exact) mass is 225 g/mol. The van der Waals surface area contributed by atoms with E-state index in [4.69, 9.17) is 5.73 Å². The summed E-state index contributed by atoms with van der Waals surface area (Å²) in [6.45, 7) is 3.95. The summed E-state index contributed by atoms with van der Waals surface area (Å²) in [5, 5.41) is 4.08. The van der Waals surface area contributed by atoms with Crippen LogP contribution >= 0.6 is 0 Å². The minimum absolute atomic E-state index is 0.213. The van der Waals surface area contributed by atoms with Crippen molar-refractivity contribution in [2.75, 3.05) is 7.11 Å². The summed E-state index contributed by atoms with van der Waals surface area (Å²) in [6.07, 6.45) is 1.64. The van der Waals surface area contributed by atoms with Gasteiger partial charge in [-0.2, -0.15) is 5.10 Å². The lowest BCUT2D eigenvalue weighted by molar-refractivity contribution is 0.0593. The number of ether oxygens (including phenoxy) is 1. The molecule has 0 aromatic carbocycles. The molecule has 0 spiro atoms. The van der Waals surface area contributed by atoms with Crippen LogP contribution in [0.3, 0.4) is 0 Å². The Balaban J connectivity index is 2.75. The van der Waals surface area contributed by atoms with Crippen molar-refractivity contribution in [3.63, 3.8) is 0 Å². The van der Waals surface area contributed by atoms with Gasteiger partial charge in [0.05, 0.1) is 7.11 Å². The number of rotatable bonds is 4. The summed E-state index contributed by atoms with van der Waals surface area (Å²) in [6, 6.07) is 1.75. The summed E-state index contributed by atoms with van der Waals surface area (Å²) in [5.74, 6) is -0.408. The molecule has 1 aromatic rings. The third-order valence-corrected chi connectivity index (χ3v) is 2.40. The zero-order valence-electron chi connectivity index (χ0n) is 10.3. The molecule has 90 valence electrons. The lowest BCUT2D eigenvalue weighted by Crippen LogP contribution is -2.32. The predicted octanol–water partition coefficient (Wildman–Crippen LogP) is 0.877. The zero-order chi connectivity index (χ0) is 12.3. The second-order valence-electron chi connectivity index (χ2n) is 4.62. The average Bonchev–Trinajstić information content (AvgIpc) is 2.54. The summed E-state index contributed by atoms with van der Waals surface area (Å²) < 4.78 is 6.30. The maximum absolute atomic E-state index is 11.3. The van der Waals surface area contributed by atoms with E-state index in [-0.39, 0.29) is 5.54 Å². The van der Waals surface area contributed by atoms with Gasteiger partial charge in [0.1, 0.15) is 0 Å². The number of methoxy groups -OCH3 is 1. The van der Waals surface area contributed by atoms with Gasteiger partial charge < -0.3 is 10.5 Å².